The van der Waals surface area contributed by atoms with E-state index >= 15 is 0 Å². The molecule has 32 heavy (non-hydrogen) atoms. The van der Waals surface area contributed by atoms with Crippen molar-refractivity contribution >= 4 is 28.8 Å². The van der Waals surface area contributed by atoms with Crippen LogP contribution in [0.4, 0.5) is 11.4 Å². The number of nitrogens with zero attached hydrogens (tertiary/aromatic N) is 1. The van der Waals surface area contributed by atoms with Crippen LogP contribution in [0.2, 0.25) is 0 Å². The van der Waals surface area contributed by atoms with E-state index < -0.39 is 0 Å². The average molecular weight is 427 g/mol. The molecule has 0 saturated heterocycles. The van der Waals surface area contributed by atoms with Gasteiger partial charge in [-0.1, -0.05) is 42.0 Å². The fourth-order valence-corrected chi connectivity index (χ4v) is 3.78. The van der Waals surface area contributed by atoms with E-state index in [0.29, 0.717) is 29.2 Å². The number of carbonyl (C=O) groups is 2. The second kappa shape index (κ2) is 8.71. The van der Waals surface area contributed by atoms with Crippen molar-refractivity contribution in [2.45, 2.75) is 27.7 Å². The number of aryl methyl sites for hydroxylation is 2. The van der Waals surface area contributed by atoms with Gasteiger partial charge in [-0.2, -0.15) is 0 Å². The average Bonchev–Trinajstić information content (AvgIpc) is 3.02. The lowest BCUT2D eigenvalue weighted by Crippen LogP contribution is -2.33. The zero-order chi connectivity index (χ0) is 22.8. The Hall–Kier alpha value is -3.86. The van der Waals surface area contributed by atoms with Crippen molar-refractivity contribution in [1.82, 2.24) is 0 Å². The molecule has 1 aliphatic rings. The number of carbonyl (C=O) groups excluding carboxylic acids is 2. The molecule has 0 bridgehead atoms. The van der Waals surface area contributed by atoms with Crippen LogP contribution in [-0.2, 0) is 9.59 Å². The number of ether oxygens (including phenoxy) is 1. The molecule has 4 rings (SSSR count). The number of anilines is 2. The summed E-state index contributed by atoms with van der Waals surface area (Å²) >= 11 is 0. The van der Waals surface area contributed by atoms with Crippen LogP contribution in [-0.4, -0.2) is 18.4 Å². The first-order valence-corrected chi connectivity index (χ1v) is 10.7. The molecule has 162 valence electrons. The molecule has 0 aromatic heterocycles. The fourth-order valence-electron chi connectivity index (χ4n) is 3.78. The van der Waals surface area contributed by atoms with Crippen molar-refractivity contribution in [2.75, 3.05) is 16.8 Å². The highest BCUT2D eigenvalue weighted by Gasteiger charge is 2.40. The number of benzene rings is 3. The third-order valence-electron chi connectivity index (χ3n) is 5.68. The topological polar surface area (TPSA) is 58.6 Å². The Labute approximate surface area is 188 Å². The van der Waals surface area contributed by atoms with Gasteiger partial charge >= 0.3 is 0 Å². The molecule has 0 radical (unpaired) electrons. The predicted molar refractivity (Wildman–Crippen MR) is 128 cm³/mol. The van der Waals surface area contributed by atoms with Gasteiger partial charge in [0.2, 0.25) is 0 Å². The number of amides is 2. The van der Waals surface area contributed by atoms with E-state index in [-0.39, 0.29) is 17.5 Å². The molecule has 0 fully saturated rings. The molecule has 3 aromatic carbocycles. The lowest BCUT2D eigenvalue weighted by atomic mass is 10.0. The smallest absolute Gasteiger partial charge is 0.282 e. The Bertz CT molecular complexity index is 1210. The van der Waals surface area contributed by atoms with Gasteiger partial charge in [0.1, 0.15) is 11.4 Å². The predicted octanol–water partition coefficient (Wildman–Crippen LogP) is 5.41. The SMILES string of the molecule is CCOc1ccc(C2=C(Nc3ccc(C)cc3)C(=O)N(c3cccc(C)c3C)C2=O)cc1. The van der Waals surface area contributed by atoms with Gasteiger partial charge < -0.3 is 10.1 Å². The van der Waals surface area contributed by atoms with Crippen LogP contribution in [0.25, 0.3) is 5.57 Å². The molecule has 0 spiro atoms. The normalized spacial score (nSPS) is 13.7. The Morgan fingerprint density at radius 3 is 2.19 bits per heavy atom. The molecular weight excluding hydrogens is 400 g/mol. The zero-order valence-electron chi connectivity index (χ0n) is 18.7. The standard InChI is InChI=1S/C27H26N2O3/c1-5-32-22-15-11-20(12-16-22)24-25(28-21-13-9-17(2)10-14-21)27(31)29(26(24)30)23-8-6-7-18(3)19(23)4/h6-16,28H,5H2,1-4H3. The highest BCUT2D eigenvalue weighted by molar-refractivity contribution is 6.46. The molecule has 0 saturated carbocycles. The number of hydrogen-bond donors (Lipinski definition) is 1. The van der Waals surface area contributed by atoms with Gasteiger partial charge in [-0.3, -0.25) is 9.59 Å². The minimum Gasteiger partial charge on any atom is -0.494 e. The number of hydrogen-bond acceptors (Lipinski definition) is 4. The molecule has 5 heteroatoms. The van der Waals surface area contributed by atoms with Gasteiger partial charge in [-0.05, 0) is 74.7 Å². The third-order valence-corrected chi connectivity index (χ3v) is 5.68. The maximum Gasteiger partial charge on any atom is 0.282 e. The van der Waals surface area contributed by atoms with Gasteiger partial charge in [0.25, 0.3) is 11.8 Å². The summed E-state index contributed by atoms with van der Waals surface area (Å²) in [4.78, 5) is 28.5. The van der Waals surface area contributed by atoms with Crippen molar-refractivity contribution in [1.29, 1.82) is 0 Å². The lowest BCUT2D eigenvalue weighted by molar-refractivity contribution is -0.120. The Morgan fingerprint density at radius 1 is 0.844 bits per heavy atom. The van der Waals surface area contributed by atoms with Crippen LogP contribution in [0, 0.1) is 20.8 Å². The third kappa shape index (κ3) is 3.89. The Morgan fingerprint density at radius 2 is 1.53 bits per heavy atom. The first-order chi connectivity index (χ1) is 15.4. The largest absolute Gasteiger partial charge is 0.494 e. The monoisotopic (exact) mass is 426 g/mol. The first-order valence-electron chi connectivity index (χ1n) is 10.7. The molecule has 5 nitrogen and oxygen atoms in total. The number of imide groups is 1. The van der Waals surface area contributed by atoms with E-state index in [1.165, 1.54) is 4.90 Å². The molecule has 0 atom stereocenters. The Balaban J connectivity index is 1.81. The summed E-state index contributed by atoms with van der Waals surface area (Å²) in [5.41, 5.74) is 5.66. The highest BCUT2D eigenvalue weighted by Crippen LogP contribution is 2.36. The summed E-state index contributed by atoms with van der Waals surface area (Å²) in [6, 6.07) is 20.6. The van der Waals surface area contributed by atoms with E-state index in [0.717, 1.165) is 22.4 Å². The van der Waals surface area contributed by atoms with E-state index in [2.05, 4.69) is 5.32 Å². The summed E-state index contributed by atoms with van der Waals surface area (Å²) in [6.07, 6.45) is 0. The first kappa shape index (κ1) is 21.4. The van der Waals surface area contributed by atoms with Gasteiger partial charge in [-0.15, -0.1) is 0 Å². The van der Waals surface area contributed by atoms with Crippen LogP contribution in [0.3, 0.4) is 0 Å². The van der Waals surface area contributed by atoms with Gasteiger partial charge in [0.05, 0.1) is 17.9 Å². The highest BCUT2D eigenvalue weighted by atomic mass is 16.5. The van der Waals surface area contributed by atoms with E-state index in [1.54, 1.807) is 0 Å². The molecule has 1 N–H and O–H groups in total. The number of nitrogens with one attached hydrogen (secondary N) is 1. The fraction of sp³-hybridized carbons (Fsp3) is 0.185. The van der Waals surface area contributed by atoms with E-state index in [4.69, 9.17) is 4.74 Å². The zero-order valence-corrected chi connectivity index (χ0v) is 18.7. The van der Waals surface area contributed by atoms with Gasteiger partial charge in [0.15, 0.2) is 0 Å². The molecular formula is C27H26N2O3. The van der Waals surface area contributed by atoms with Crippen LogP contribution in [0.5, 0.6) is 5.75 Å². The quantitative estimate of drug-likeness (QED) is 0.536. The molecule has 0 aliphatic carbocycles. The summed E-state index contributed by atoms with van der Waals surface area (Å²) in [6.45, 7) is 8.37. The van der Waals surface area contributed by atoms with Gasteiger partial charge in [-0.25, -0.2) is 4.90 Å². The van der Waals surface area contributed by atoms with Crippen LogP contribution >= 0.6 is 0 Å². The van der Waals surface area contributed by atoms with Crippen molar-refractivity contribution in [3.05, 3.63) is 94.7 Å². The van der Waals surface area contributed by atoms with E-state index in [1.807, 2.05) is 94.4 Å². The van der Waals surface area contributed by atoms with Crippen molar-refractivity contribution in [3.8, 4) is 5.75 Å². The molecule has 2 amide bonds. The summed E-state index contributed by atoms with van der Waals surface area (Å²) < 4.78 is 5.53. The summed E-state index contributed by atoms with van der Waals surface area (Å²) in [5, 5.41) is 3.21. The maximum atomic E-state index is 13.6. The molecule has 0 unspecified atom stereocenters. The van der Waals surface area contributed by atoms with Crippen LogP contribution in [0.1, 0.15) is 29.2 Å². The summed E-state index contributed by atoms with van der Waals surface area (Å²) in [5.74, 6) is 0.00341. The van der Waals surface area contributed by atoms with Crippen molar-refractivity contribution in [3.63, 3.8) is 0 Å². The van der Waals surface area contributed by atoms with E-state index in [9.17, 15) is 9.59 Å². The van der Waals surface area contributed by atoms with Crippen molar-refractivity contribution < 1.29 is 14.3 Å². The second-order valence-corrected chi connectivity index (χ2v) is 7.86. The molecule has 3 aromatic rings. The summed E-state index contributed by atoms with van der Waals surface area (Å²) in [7, 11) is 0. The van der Waals surface area contributed by atoms with Crippen LogP contribution in [0.15, 0.2) is 72.4 Å². The van der Waals surface area contributed by atoms with Crippen LogP contribution < -0.4 is 15.0 Å². The molecule has 1 aliphatic heterocycles. The minimum absolute atomic E-state index is 0.268. The number of rotatable bonds is 6. The van der Waals surface area contributed by atoms with Crippen molar-refractivity contribution in [2.24, 2.45) is 0 Å². The minimum atomic E-state index is -0.367. The molecule has 1 heterocycles. The van der Waals surface area contributed by atoms with Gasteiger partial charge in [0, 0.05) is 5.69 Å². The lowest BCUT2D eigenvalue weighted by Gasteiger charge is -2.19. The second-order valence-electron chi connectivity index (χ2n) is 7.86. The maximum absolute atomic E-state index is 13.6. The Kier molecular flexibility index (Phi) is 5.82.